The Morgan fingerprint density at radius 1 is 1.05 bits per heavy atom. The smallest absolute Gasteiger partial charge is 0.306 e. The van der Waals surface area contributed by atoms with E-state index in [4.69, 9.17) is 5.11 Å². The van der Waals surface area contributed by atoms with Crippen molar-refractivity contribution in [3.63, 3.8) is 0 Å². The minimum Gasteiger partial charge on any atom is -0.481 e. The third-order valence-electron chi connectivity index (χ3n) is 4.25. The Bertz CT molecular complexity index is 320. The normalized spacial score (nSPS) is 24.4. The molecule has 1 unspecified atom stereocenters. The van der Waals surface area contributed by atoms with E-state index in [1.54, 1.807) is 0 Å². The zero-order chi connectivity index (χ0) is 15.1. The molecule has 1 rings (SSSR count). The molecule has 4 nitrogen and oxygen atoms in total. The van der Waals surface area contributed by atoms with E-state index >= 15 is 0 Å². The predicted octanol–water partition coefficient (Wildman–Crippen LogP) is 3.21. The van der Waals surface area contributed by atoms with Crippen LogP contribution in [-0.2, 0) is 9.59 Å². The van der Waals surface area contributed by atoms with Crippen molar-refractivity contribution in [1.29, 1.82) is 0 Å². The van der Waals surface area contributed by atoms with E-state index in [9.17, 15) is 9.59 Å². The van der Waals surface area contributed by atoms with Gasteiger partial charge in [-0.15, -0.1) is 0 Å². The van der Waals surface area contributed by atoms with Crippen LogP contribution in [0.3, 0.4) is 0 Å². The molecule has 0 saturated heterocycles. The summed E-state index contributed by atoms with van der Waals surface area (Å²) in [6, 6.07) is 0.221. The lowest BCUT2D eigenvalue weighted by atomic mass is 9.81. The first-order chi connectivity index (χ1) is 9.40. The second-order valence-corrected chi connectivity index (χ2v) is 6.62. The van der Waals surface area contributed by atoms with Crippen LogP contribution in [0.2, 0.25) is 0 Å². The molecular weight excluding hydrogens is 254 g/mol. The van der Waals surface area contributed by atoms with E-state index in [0.29, 0.717) is 31.6 Å². The first-order valence-corrected chi connectivity index (χ1v) is 7.93. The molecule has 1 amide bonds. The molecule has 2 N–H and O–H groups in total. The van der Waals surface area contributed by atoms with Crippen LogP contribution in [0.15, 0.2) is 0 Å². The third-order valence-corrected chi connectivity index (χ3v) is 4.25. The molecule has 0 spiro atoms. The van der Waals surface area contributed by atoms with Gasteiger partial charge in [0.05, 0.1) is 5.92 Å². The van der Waals surface area contributed by atoms with Crippen LogP contribution in [0.5, 0.6) is 0 Å². The SMILES string of the molecule is CC(C)CCCC(C)NC(=O)C1CCC(C(=O)O)CC1. The van der Waals surface area contributed by atoms with Crippen LogP contribution < -0.4 is 5.32 Å². The van der Waals surface area contributed by atoms with Crippen LogP contribution in [0.25, 0.3) is 0 Å². The van der Waals surface area contributed by atoms with Gasteiger partial charge in [-0.05, 0) is 44.9 Å². The molecule has 0 radical (unpaired) electrons. The number of aliphatic carboxylic acids is 1. The van der Waals surface area contributed by atoms with Crippen LogP contribution >= 0.6 is 0 Å². The fraction of sp³-hybridized carbons (Fsp3) is 0.875. The number of hydrogen-bond donors (Lipinski definition) is 2. The maximum atomic E-state index is 12.1. The topological polar surface area (TPSA) is 66.4 Å². The number of carboxylic acids is 1. The lowest BCUT2D eigenvalue weighted by Gasteiger charge is -2.26. The van der Waals surface area contributed by atoms with Crippen molar-refractivity contribution in [3.05, 3.63) is 0 Å². The summed E-state index contributed by atoms with van der Waals surface area (Å²) in [4.78, 5) is 23.0. The molecule has 0 bridgehead atoms. The zero-order valence-corrected chi connectivity index (χ0v) is 13.0. The van der Waals surface area contributed by atoms with Crippen LogP contribution in [0.4, 0.5) is 0 Å². The summed E-state index contributed by atoms with van der Waals surface area (Å²) in [6.07, 6.45) is 6.05. The summed E-state index contributed by atoms with van der Waals surface area (Å²) in [6.45, 7) is 6.48. The highest BCUT2D eigenvalue weighted by Crippen LogP contribution is 2.29. The van der Waals surface area contributed by atoms with E-state index < -0.39 is 5.97 Å². The van der Waals surface area contributed by atoms with Crippen molar-refractivity contribution >= 4 is 11.9 Å². The molecule has 20 heavy (non-hydrogen) atoms. The molecule has 0 heterocycles. The number of carbonyl (C=O) groups excluding carboxylic acids is 1. The Hall–Kier alpha value is -1.06. The average molecular weight is 283 g/mol. The van der Waals surface area contributed by atoms with E-state index in [2.05, 4.69) is 26.1 Å². The van der Waals surface area contributed by atoms with E-state index in [1.165, 1.54) is 6.42 Å². The average Bonchev–Trinajstić information content (AvgIpc) is 2.38. The fourth-order valence-electron chi connectivity index (χ4n) is 2.87. The van der Waals surface area contributed by atoms with Crippen molar-refractivity contribution in [2.75, 3.05) is 0 Å². The van der Waals surface area contributed by atoms with Gasteiger partial charge in [0.25, 0.3) is 0 Å². The van der Waals surface area contributed by atoms with Crippen molar-refractivity contribution in [3.8, 4) is 0 Å². The molecular formula is C16H29NO3. The minimum absolute atomic E-state index is 0.0122. The van der Waals surface area contributed by atoms with Gasteiger partial charge >= 0.3 is 5.97 Å². The number of amides is 1. The van der Waals surface area contributed by atoms with Crippen molar-refractivity contribution < 1.29 is 14.7 Å². The number of hydrogen-bond acceptors (Lipinski definition) is 2. The van der Waals surface area contributed by atoms with Gasteiger partial charge < -0.3 is 10.4 Å². The largest absolute Gasteiger partial charge is 0.481 e. The molecule has 1 aliphatic carbocycles. The Morgan fingerprint density at radius 2 is 1.60 bits per heavy atom. The van der Waals surface area contributed by atoms with E-state index in [1.807, 2.05) is 0 Å². The fourth-order valence-corrected chi connectivity index (χ4v) is 2.87. The molecule has 1 atom stereocenters. The van der Waals surface area contributed by atoms with Gasteiger partial charge in [-0.25, -0.2) is 0 Å². The molecule has 1 fully saturated rings. The molecule has 1 saturated carbocycles. The second kappa shape index (κ2) is 8.28. The first kappa shape index (κ1) is 17.0. The quantitative estimate of drug-likeness (QED) is 0.754. The maximum Gasteiger partial charge on any atom is 0.306 e. The Balaban J connectivity index is 2.24. The lowest BCUT2D eigenvalue weighted by molar-refractivity contribution is -0.144. The Kier molecular flexibility index (Phi) is 7.03. The van der Waals surface area contributed by atoms with Crippen molar-refractivity contribution in [2.24, 2.45) is 17.8 Å². The van der Waals surface area contributed by atoms with E-state index in [0.717, 1.165) is 12.8 Å². The van der Waals surface area contributed by atoms with Gasteiger partial charge in [0.1, 0.15) is 0 Å². The van der Waals surface area contributed by atoms with Crippen LogP contribution in [-0.4, -0.2) is 23.0 Å². The monoisotopic (exact) mass is 283 g/mol. The zero-order valence-electron chi connectivity index (χ0n) is 13.0. The predicted molar refractivity (Wildman–Crippen MR) is 79.4 cm³/mol. The molecule has 116 valence electrons. The van der Waals surface area contributed by atoms with E-state index in [-0.39, 0.29) is 23.8 Å². The Labute approximate surface area is 122 Å². The highest BCUT2D eigenvalue weighted by Gasteiger charge is 2.29. The maximum absolute atomic E-state index is 12.1. The number of carbonyl (C=O) groups is 2. The number of rotatable bonds is 7. The summed E-state index contributed by atoms with van der Waals surface area (Å²) in [5, 5.41) is 12.0. The highest BCUT2D eigenvalue weighted by atomic mass is 16.4. The lowest BCUT2D eigenvalue weighted by Crippen LogP contribution is -2.39. The van der Waals surface area contributed by atoms with Gasteiger partial charge in [-0.2, -0.15) is 0 Å². The summed E-state index contributed by atoms with van der Waals surface area (Å²) in [7, 11) is 0. The standard InChI is InChI=1S/C16H29NO3/c1-11(2)5-4-6-12(3)17-15(18)13-7-9-14(10-8-13)16(19)20/h11-14H,4-10H2,1-3H3,(H,17,18)(H,19,20). The molecule has 0 aromatic rings. The second-order valence-electron chi connectivity index (χ2n) is 6.62. The summed E-state index contributed by atoms with van der Waals surface area (Å²) in [5.74, 6) is -0.123. The van der Waals surface area contributed by atoms with Crippen molar-refractivity contribution in [1.82, 2.24) is 5.32 Å². The van der Waals surface area contributed by atoms with Crippen molar-refractivity contribution in [2.45, 2.75) is 71.8 Å². The molecule has 4 heteroatoms. The summed E-state index contributed by atoms with van der Waals surface area (Å²) >= 11 is 0. The third kappa shape index (κ3) is 5.93. The molecule has 0 aliphatic heterocycles. The minimum atomic E-state index is -0.717. The molecule has 0 aromatic carbocycles. The number of carboxylic acid groups (broad SMARTS) is 1. The summed E-state index contributed by atoms with van der Waals surface area (Å²) < 4.78 is 0. The van der Waals surface area contributed by atoms with Gasteiger partial charge in [-0.3, -0.25) is 9.59 Å². The molecule has 0 aromatic heterocycles. The van der Waals surface area contributed by atoms with Crippen LogP contribution in [0, 0.1) is 17.8 Å². The van der Waals surface area contributed by atoms with Crippen LogP contribution in [0.1, 0.15) is 65.7 Å². The molecule has 1 aliphatic rings. The number of nitrogens with one attached hydrogen (secondary N) is 1. The summed E-state index contributed by atoms with van der Waals surface area (Å²) in [5.41, 5.74) is 0. The Morgan fingerprint density at radius 3 is 2.10 bits per heavy atom. The van der Waals surface area contributed by atoms with Gasteiger partial charge in [0.15, 0.2) is 0 Å². The van der Waals surface area contributed by atoms with Gasteiger partial charge in [0.2, 0.25) is 5.91 Å². The highest BCUT2D eigenvalue weighted by molar-refractivity contribution is 5.79. The van der Waals surface area contributed by atoms with Gasteiger partial charge in [-0.1, -0.05) is 26.7 Å². The van der Waals surface area contributed by atoms with Gasteiger partial charge in [0, 0.05) is 12.0 Å². The first-order valence-electron chi connectivity index (χ1n) is 7.93.